The molecule has 108 valence electrons. The van der Waals surface area contributed by atoms with E-state index in [1.54, 1.807) is 31.2 Å². The molecule has 2 rings (SSSR count). The number of carbonyl (C=O) groups is 1. The quantitative estimate of drug-likeness (QED) is 0.571. The molecule has 1 aromatic carbocycles. The normalized spacial score (nSPS) is 23.9. The molecule has 20 heavy (non-hydrogen) atoms. The summed E-state index contributed by atoms with van der Waals surface area (Å²) < 4.78 is 27.7. The lowest BCUT2D eigenvalue weighted by molar-refractivity contribution is -0.127. The smallest absolute Gasteiger partial charge is 0.215 e. The number of halogens is 1. The topological polar surface area (TPSA) is 66.4 Å². The van der Waals surface area contributed by atoms with Crippen molar-refractivity contribution in [2.24, 2.45) is 0 Å². The molecule has 2 unspecified atom stereocenters. The van der Waals surface area contributed by atoms with Gasteiger partial charge in [-0.15, -0.1) is 0 Å². The van der Waals surface area contributed by atoms with Crippen LogP contribution in [0.5, 0.6) is 0 Å². The molecule has 0 aliphatic carbocycles. The second-order valence-electron chi connectivity index (χ2n) is 4.80. The van der Waals surface area contributed by atoms with Crippen LogP contribution in [-0.2, 0) is 26.4 Å². The van der Waals surface area contributed by atoms with E-state index < -0.39 is 16.7 Å². The van der Waals surface area contributed by atoms with Crippen molar-refractivity contribution in [3.8, 4) is 0 Å². The Labute approximate surface area is 134 Å². The van der Waals surface area contributed by atoms with Gasteiger partial charge in [0.2, 0.25) is 5.78 Å². The van der Waals surface area contributed by atoms with Crippen LogP contribution in [0.4, 0.5) is 0 Å². The molecule has 0 saturated carbocycles. The lowest BCUT2D eigenvalue weighted by Gasteiger charge is -2.21. The lowest BCUT2D eigenvalue weighted by atomic mass is 9.99. The number of Topliss-reactive ketones (excluding diaryl/α,β-unsaturated/α-hetero) is 1. The van der Waals surface area contributed by atoms with Crippen LogP contribution in [0.1, 0.15) is 31.4 Å². The largest absolute Gasteiger partial charge is 0.772 e. The molecule has 6 heteroatoms. The van der Waals surface area contributed by atoms with E-state index in [1.165, 1.54) is 0 Å². The minimum atomic E-state index is -2.10. The molecule has 1 aliphatic rings. The van der Waals surface area contributed by atoms with Crippen LogP contribution in [0.3, 0.4) is 0 Å². The number of hydrogen-bond acceptors (Lipinski definition) is 4. The Kier molecular flexibility index (Phi) is 4.66. The van der Waals surface area contributed by atoms with Gasteiger partial charge in [-0.3, -0.25) is 9.00 Å². The van der Waals surface area contributed by atoms with Gasteiger partial charge in [0, 0.05) is 11.3 Å². The fourth-order valence-corrected chi connectivity index (χ4v) is 3.42. The standard InChI is InChI=1S/C14H15IO4S/c1-3-14(2)13(16)11(15)12(19-14)10-6-4-9(5-7-10)8-20(17)18/h4-7H,3,8H2,1-2H3,(H,17,18)/p-1. The molecule has 0 amide bonds. The van der Waals surface area contributed by atoms with E-state index in [0.717, 1.165) is 5.56 Å². The van der Waals surface area contributed by atoms with Crippen LogP contribution in [0.2, 0.25) is 0 Å². The number of hydrogen-bond donors (Lipinski definition) is 0. The predicted octanol–water partition coefficient (Wildman–Crippen LogP) is 2.94. The minimum Gasteiger partial charge on any atom is -0.772 e. The molecule has 1 aliphatic heterocycles. The number of carbonyl (C=O) groups excluding carboxylic acids is 1. The van der Waals surface area contributed by atoms with Gasteiger partial charge < -0.3 is 9.29 Å². The maximum atomic E-state index is 12.2. The highest BCUT2D eigenvalue weighted by Crippen LogP contribution is 2.41. The molecule has 1 aromatic rings. The van der Waals surface area contributed by atoms with Crippen LogP contribution in [0, 0.1) is 0 Å². The first-order chi connectivity index (χ1) is 9.37. The van der Waals surface area contributed by atoms with Crippen LogP contribution >= 0.6 is 22.6 Å². The van der Waals surface area contributed by atoms with Crippen LogP contribution in [-0.4, -0.2) is 20.1 Å². The number of ketones is 1. The summed E-state index contributed by atoms with van der Waals surface area (Å²) in [7, 11) is 0. The van der Waals surface area contributed by atoms with Gasteiger partial charge in [0.1, 0.15) is 9.34 Å². The summed E-state index contributed by atoms with van der Waals surface area (Å²) in [4.78, 5) is 12.2. The fraction of sp³-hybridized carbons (Fsp3) is 0.357. The first-order valence-corrected chi connectivity index (χ1v) is 8.48. The summed E-state index contributed by atoms with van der Waals surface area (Å²) in [6, 6.07) is 7.03. The molecule has 0 bridgehead atoms. The molecule has 1 heterocycles. The molecular weight excluding hydrogens is 391 g/mol. The summed E-state index contributed by atoms with van der Waals surface area (Å²) in [5.41, 5.74) is 0.710. The fourth-order valence-electron chi connectivity index (χ4n) is 1.96. The molecule has 0 spiro atoms. The third-order valence-corrected chi connectivity index (χ3v) is 4.93. The SMILES string of the molecule is CCC1(C)OC(c2ccc(CS(=O)[O-])cc2)=C(I)C1=O. The summed E-state index contributed by atoms with van der Waals surface area (Å²) in [5, 5.41) is 0. The second kappa shape index (κ2) is 5.95. The zero-order valence-corrected chi connectivity index (χ0v) is 14.1. The Morgan fingerprint density at radius 3 is 2.40 bits per heavy atom. The molecule has 0 radical (unpaired) electrons. The Hall–Kier alpha value is -0.730. The van der Waals surface area contributed by atoms with Crippen LogP contribution < -0.4 is 0 Å². The van der Waals surface area contributed by atoms with E-state index in [2.05, 4.69) is 0 Å². The first-order valence-electron chi connectivity index (χ1n) is 6.16. The van der Waals surface area contributed by atoms with Gasteiger partial charge in [-0.05, 0) is 41.5 Å². The van der Waals surface area contributed by atoms with Crippen molar-refractivity contribution in [2.45, 2.75) is 31.6 Å². The molecule has 0 aromatic heterocycles. The Morgan fingerprint density at radius 2 is 1.95 bits per heavy atom. The average molecular weight is 405 g/mol. The monoisotopic (exact) mass is 405 g/mol. The van der Waals surface area contributed by atoms with Gasteiger partial charge in [-0.25, -0.2) is 0 Å². The molecule has 0 fully saturated rings. The van der Waals surface area contributed by atoms with Gasteiger partial charge in [0.15, 0.2) is 5.60 Å². The molecule has 4 nitrogen and oxygen atoms in total. The Morgan fingerprint density at radius 1 is 1.35 bits per heavy atom. The minimum absolute atomic E-state index is 0.000313. The first kappa shape index (κ1) is 15.7. The highest BCUT2D eigenvalue weighted by molar-refractivity contribution is 14.1. The summed E-state index contributed by atoms with van der Waals surface area (Å²) in [6.45, 7) is 3.70. The maximum absolute atomic E-state index is 12.2. The van der Waals surface area contributed by atoms with E-state index in [0.29, 0.717) is 21.3 Å². The van der Waals surface area contributed by atoms with Crippen molar-refractivity contribution in [3.63, 3.8) is 0 Å². The zero-order chi connectivity index (χ0) is 14.9. The predicted molar refractivity (Wildman–Crippen MR) is 84.8 cm³/mol. The van der Waals surface area contributed by atoms with Crippen LogP contribution in [0.25, 0.3) is 5.76 Å². The zero-order valence-electron chi connectivity index (χ0n) is 11.1. The van der Waals surface area contributed by atoms with Gasteiger partial charge in [-0.2, -0.15) is 0 Å². The highest BCUT2D eigenvalue weighted by Gasteiger charge is 2.43. The van der Waals surface area contributed by atoms with Gasteiger partial charge >= 0.3 is 0 Å². The van der Waals surface area contributed by atoms with Crippen molar-refractivity contribution in [1.29, 1.82) is 0 Å². The van der Waals surface area contributed by atoms with Crippen molar-refractivity contribution in [3.05, 3.63) is 39.0 Å². The van der Waals surface area contributed by atoms with Crippen LogP contribution in [0.15, 0.2) is 27.8 Å². The van der Waals surface area contributed by atoms with Crippen molar-refractivity contribution in [1.82, 2.24) is 0 Å². The van der Waals surface area contributed by atoms with E-state index >= 15 is 0 Å². The van der Waals surface area contributed by atoms with Crippen molar-refractivity contribution >= 4 is 45.2 Å². The highest BCUT2D eigenvalue weighted by atomic mass is 127. The van der Waals surface area contributed by atoms with Gasteiger partial charge in [0.25, 0.3) is 0 Å². The summed E-state index contributed by atoms with van der Waals surface area (Å²) >= 11 is -0.0934. The molecule has 0 N–H and O–H groups in total. The van der Waals surface area contributed by atoms with Crippen molar-refractivity contribution in [2.75, 3.05) is 0 Å². The molecule has 0 saturated heterocycles. The molecule has 2 atom stereocenters. The summed E-state index contributed by atoms with van der Waals surface area (Å²) in [6.07, 6.45) is 0.606. The molecular formula is C14H14IO4S-. The van der Waals surface area contributed by atoms with E-state index in [4.69, 9.17) is 4.74 Å². The Bertz CT molecular complexity index is 594. The lowest BCUT2D eigenvalue weighted by Crippen LogP contribution is -2.32. The number of ether oxygens (including phenoxy) is 1. The Balaban J connectivity index is 2.29. The third-order valence-electron chi connectivity index (χ3n) is 3.38. The van der Waals surface area contributed by atoms with E-state index in [9.17, 15) is 13.6 Å². The van der Waals surface area contributed by atoms with Crippen molar-refractivity contribution < 1.29 is 18.3 Å². The van der Waals surface area contributed by atoms with E-state index in [-0.39, 0.29) is 11.5 Å². The number of benzene rings is 1. The second-order valence-corrected chi connectivity index (χ2v) is 6.78. The third kappa shape index (κ3) is 2.96. The van der Waals surface area contributed by atoms with E-state index in [1.807, 2.05) is 29.5 Å². The average Bonchev–Trinajstić information content (AvgIpc) is 2.64. The number of rotatable bonds is 4. The maximum Gasteiger partial charge on any atom is 0.215 e. The van der Waals surface area contributed by atoms with Gasteiger partial charge in [-0.1, -0.05) is 42.3 Å². The summed E-state index contributed by atoms with van der Waals surface area (Å²) in [5.74, 6) is 0.568. The van der Waals surface area contributed by atoms with Gasteiger partial charge in [0.05, 0.1) is 0 Å².